The van der Waals surface area contributed by atoms with Crippen molar-refractivity contribution in [1.29, 1.82) is 0 Å². The van der Waals surface area contributed by atoms with E-state index in [9.17, 15) is 40.9 Å². The number of aliphatic hydroxyl groups is 8. The Morgan fingerprint density at radius 3 is 1.81 bits per heavy atom. The Hall–Kier alpha value is -0.560. The lowest BCUT2D eigenvalue weighted by molar-refractivity contribution is -0.305. The van der Waals surface area contributed by atoms with Crippen LogP contribution in [0.3, 0.4) is 0 Å². The number of hydrogen-bond donors (Lipinski definition) is 8. The predicted octanol–water partition coefficient (Wildman–Crippen LogP) is 1.09. The zero-order valence-corrected chi connectivity index (χ0v) is 32.7. The third-order valence-corrected chi connectivity index (χ3v) is 15.2. The largest absolute Gasteiger partial charge is 0.394 e. The zero-order chi connectivity index (χ0) is 38.9. The Morgan fingerprint density at radius 2 is 1.24 bits per heavy atom. The number of aliphatic hydroxyl groups excluding tert-OH is 8. The molecule has 5 unspecified atom stereocenters. The first-order valence-electron chi connectivity index (χ1n) is 20.9. The molecule has 14 heteroatoms. The molecule has 4 aliphatic carbocycles. The molecule has 6 rings (SSSR count). The van der Waals surface area contributed by atoms with Crippen molar-refractivity contribution in [3.8, 4) is 0 Å². The maximum Gasteiger partial charge on any atom is 0.186 e. The molecule has 0 aromatic heterocycles. The van der Waals surface area contributed by atoms with Crippen LogP contribution in [-0.2, 0) is 28.4 Å². The Labute approximate surface area is 320 Å². The van der Waals surface area contributed by atoms with Crippen LogP contribution in [0.15, 0.2) is 0 Å². The van der Waals surface area contributed by atoms with E-state index in [0.717, 1.165) is 44.9 Å². The van der Waals surface area contributed by atoms with Crippen molar-refractivity contribution < 1.29 is 69.3 Å². The van der Waals surface area contributed by atoms with E-state index in [1.54, 1.807) is 0 Å². The molecule has 314 valence electrons. The highest BCUT2D eigenvalue weighted by Crippen LogP contribution is 2.69. The number of rotatable bonds is 15. The highest BCUT2D eigenvalue weighted by Gasteiger charge is 2.66. The molecule has 0 bridgehead atoms. The van der Waals surface area contributed by atoms with E-state index in [1.807, 2.05) is 0 Å². The van der Waals surface area contributed by atoms with E-state index in [2.05, 4.69) is 27.7 Å². The molecule has 6 aliphatic rings. The minimum Gasteiger partial charge on any atom is -0.394 e. The minimum absolute atomic E-state index is 0.0181. The normalized spacial score (nSPS) is 49.9. The third-order valence-electron chi connectivity index (χ3n) is 15.2. The van der Waals surface area contributed by atoms with Crippen molar-refractivity contribution in [3.05, 3.63) is 0 Å². The van der Waals surface area contributed by atoms with Gasteiger partial charge in [0.25, 0.3) is 0 Å². The molecule has 0 aromatic rings. The lowest BCUT2D eigenvalue weighted by atomic mass is 9.43. The van der Waals surface area contributed by atoms with Crippen LogP contribution in [0.5, 0.6) is 0 Å². The van der Waals surface area contributed by atoms with Crippen molar-refractivity contribution in [2.24, 2.45) is 46.3 Å². The van der Waals surface area contributed by atoms with E-state index >= 15 is 0 Å². The molecular weight excluding hydrogens is 704 g/mol. The summed E-state index contributed by atoms with van der Waals surface area (Å²) in [4.78, 5) is 0. The van der Waals surface area contributed by atoms with Crippen LogP contribution in [0.1, 0.15) is 91.9 Å². The molecular formula is C40H70O14. The number of hydrogen-bond acceptors (Lipinski definition) is 14. The molecule has 14 nitrogen and oxygen atoms in total. The molecule has 0 radical (unpaired) electrons. The van der Waals surface area contributed by atoms with Gasteiger partial charge in [-0.1, -0.05) is 53.4 Å². The molecule has 0 amide bonds. The smallest absolute Gasteiger partial charge is 0.186 e. The van der Waals surface area contributed by atoms with Crippen molar-refractivity contribution in [2.45, 2.75) is 166 Å². The average molecular weight is 775 g/mol. The average Bonchev–Trinajstić information content (AvgIpc) is 3.52. The Bertz CT molecular complexity index is 1180. The highest BCUT2D eigenvalue weighted by atomic mass is 16.7. The van der Waals surface area contributed by atoms with Crippen LogP contribution < -0.4 is 0 Å². The first-order valence-corrected chi connectivity index (χ1v) is 20.9. The van der Waals surface area contributed by atoms with Crippen molar-refractivity contribution in [2.75, 3.05) is 39.6 Å². The lowest BCUT2D eigenvalue weighted by Crippen LogP contribution is -2.63. The van der Waals surface area contributed by atoms with Gasteiger partial charge in [0, 0.05) is 5.41 Å². The van der Waals surface area contributed by atoms with E-state index in [-0.39, 0.29) is 49.5 Å². The van der Waals surface area contributed by atoms with Gasteiger partial charge in [0.1, 0.15) is 48.8 Å². The summed E-state index contributed by atoms with van der Waals surface area (Å²) < 4.78 is 36.6. The molecule has 2 saturated heterocycles. The monoisotopic (exact) mass is 774 g/mol. The first-order chi connectivity index (χ1) is 25.8. The second-order valence-electron chi connectivity index (χ2n) is 17.9. The summed E-state index contributed by atoms with van der Waals surface area (Å²) in [6.07, 6.45) is -2.13. The Morgan fingerprint density at radius 1 is 0.667 bits per heavy atom. The molecule has 2 heterocycles. The molecule has 6 fully saturated rings. The van der Waals surface area contributed by atoms with Gasteiger partial charge in [-0.05, 0) is 79.4 Å². The summed E-state index contributed by atoms with van der Waals surface area (Å²) in [5, 5.41) is 81.1. The van der Waals surface area contributed by atoms with Gasteiger partial charge in [0.15, 0.2) is 12.6 Å². The van der Waals surface area contributed by atoms with E-state index in [4.69, 9.17) is 28.4 Å². The summed E-state index contributed by atoms with van der Waals surface area (Å²) in [6.45, 7) is 9.32. The maximum absolute atomic E-state index is 10.5. The van der Waals surface area contributed by atoms with Gasteiger partial charge in [-0.3, -0.25) is 0 Å². The summed E-state index contributed by atoms with van der Waals surface area (Å²) in [5.74, 6) is 2.57. The summed E-state index contributed by atoms with van der Waals surface area (Å²) in [5.41, 5.74) is 0.0314. The van der Waals surface area contributed by atoms with Gasteiger partial charge in [0.2, 0.25) is 0 Å². The fourth-order valence-electron chi connectivity index (χ4n) is 12.3. The third kappa shape index (κ3) is 8.06. The maximum atomic E-state index is 10.5. The highest BCUT2D eigenvalue weighted by molar-refractivity contribution is 5.15. The lowest BCUT2D eigenvalue weighted by Gasteiger charge is -2.64. The fraction of sp³-hybridized carbons (Fsp3) is 1.00. The van der Waals surface area contributed by atoms with Crippen LogP contribution in [0.25, 0.3) is 0 Å². The van der Waals surface area contributed by atoms with Crippen molar-refractivity contribution in [3.63, 3.8) is 0 Å². The van der Waals surface area contributed by atoms with Gasteiger partial charge in [-0.2, -0.15) is 0 Å². The summed E-state index contributed by atoms with van der Waals surface area (Å²) in [6, 6.07) is 0. The van der Waals surface area contributed by atoms with Crippen molar-refractivity contribution in [1.82, 2.24) is 0 Å². The standard InChI is InChI=1S/C40H70O14/c1-5-8-21(2)23-10-11-24-30-25(18-29(40(23,24)4)50-14-16-52-38-36(48)34(46)32(44)28(20-42)54-38)39(3)12-7-6-9-22(39)17-26(30)49-13-15-51-37-35(47)33(45)31(43)27(19-41)53-37/h21-38,41-48H,5-20H2,1-4H3/t21-,22+,23-,24+,25+,26-,27?,28?,29+,30+,31-,32-,33?,34?,35+,36?,37-,38-,39+,40-/m1/s1. The second kappa shape index (κ2) is 18.1. The first kappa shape index (κ1) is 43.0. The molecule has 4 saturated carbocycles. The SMILES string of the molecule is CCC[C@@H](C)[C@H]1CC[C@H]2[C@@H]3[C@H](OCCO[C@@H]4OC(CO)[C@@H](O)C(O)[C@@H]4O)C[C@@H]4CCCC[C@]4(C)[C@H]3C[C@H](OCCO[C@@H]3OC(CO)[C@@H](O)C(O)C3O)[C@]12C. The Balaban J connectivity index is 1.18. The van der Waals surface area contributed by atoms with Gasteiger partial charge in [0.05, 0.1) is 51.8 Å². The summed E-state index contributed by atoms with van der Waals surface area (Å²) >= 11 is 0. The van der Waals surface area contributed by atoms with E-state index in [0.29, 0.717) is 35.5 Å². The second-order valence-corrected chi connectivity index (χ2v) is 17.9. The molecule has 2 aliphatic heterocycles. The van der Waals surface area contributed by atoms with Gasteiger partial charge >= 0.3 is 0 Å². The number of ether oxygens (including phenoxy) is 6. The van der Waals surface area contributed by atoms with Gasteiger partial charge in [-0.15, -0.1) is 0 Å². The zero-order valence-electron chi connectivity index (χ0n) is 32.7. The van der Waals surface area contributed by atoms with Crippen LogP contribution in [0.4, 0.5) is 0 Å². The van der Waals surface area contributed by atoms with Crippen LogP contribution in [0.2, 0.25) is 0 Å². The van der Waals surface area contributed by atoms with Gasteiger partial charge in [-0.25, -0.2) is 0 Å². The quantitative estimate of drug-likeness (QED) is 0.109. The molecule has 8 N–H and O–H groups in total. The predicted molar refractivity (Wildman–Crippen MR) is 194 cm³/mol. The van der Waals surface area contributed by atoms with E-state index < -0.39 is 74.6 Å². The molecule has 20 atom stereocenters. The number of fused-ring (bicyclic) bond motifs is 5. The Kier molecular flexibility index (Phi) is 14.5. The van der Waals surface area contributed by atoms with Crippen LogP contribution in [0, 0.1) is 46.3 Å². The van der Waals surface area contributed by atoms with Crippen LogP contribution >= 0.6 is 0 Å². The fourth-order valence-corrected chi connectivity index (χ4v) is 12.3. The molecule has 0 aromatic carbocycles. The van der Waals surface area contributed by atoms with Crippen molar-refractivity contribution >= 4 is 0 Å². The summed E-state index contributed by atoms with van der Waals surface area (Å²) in [7, 11) is 0. The minimum atomic E-state index is -1.50. The topological polar surface area (TPSA) is 217 Å². The van der Waals surface area contributed by atoms with Crippen LogP contribution in [-0.4, -0.2) is 154 Å². The molecule has 0 spiro atoms. The molecule has 54 heavy (non-hydrogen) atoms. The van der Waals surface area contributed by atoms with Gasteiger partial charge < -0.3 is 69.3 Å². The van der Waals surface area contributed by atoms with E-state index in [1.165, 1.54) is 19.3 Å².